The number of hydrogen-bond donors (Lipinski definition) is 2. The molecule has 1 amide bonds. The number of non-ortho nitro benzene ring substituents is 1. The number of benzene rings is 2. The van der Waals surface area contributed by atoms with Crippen LogP contribution in [0.25, 0.3) is 0 Å². The number of nitro benzene ring substituents is 1. The zero-order valence-corrected chi connectivity index (χ0v) is 14.2. The minimum atomic E-state index is -0.461. The number of phenols is 1. The first-order valence-electron chi connectivity index (χ1n) is 7.62. The van der Waals surface area contributed by atoms with Gasteiger partial charge in [0.1, 0.15) is 5.75 Å². The highest BCUT2D eigenvalue weighted by molar-refractivity contribution is 8.15. The van der Waals surface area contributed by atoms with E-state index in [1.807, 2.05) is 0 Å². The van der Waals surface area contributed by atoms with Crippen molar-refractivity contribution in [1.82, 2.24) is 5.32 Å². The molecule has 0 aliphatic carbocycles. The predicted octanol–water partition coefficient (Wildman–Crippen LogP) is 2.46. The molecule has 1 heterocycles. The lowest BCUT2D eigenvalue weighted by molar-refractivity contribution is -0.384. The second-order valence-electron chi connectivity index (χ2n) is 5.46. The molecule has 2 aromatic carbocycles. The first-order valence-corrected chi connectivity index (χ1v) is 8.50. The van der Waals surface area contributed by atoms with Crippen LogP contribution in [0.5, 0.6) is 5.75 Å². The van der Waals surface area contributed by atoms with Gasteiger partial charge in [-0.2, -0.15) is 5.10 Å². The molecule has 8 nitrogen and oxygen atoms in total. The number of amidine groups is 1. The summed E-state index contributed by atoms with van der Waals surface area (Å²) in [6.07, 6.45) is 1.96. The molecule has 2 N–H and O–H groups in total. The smallest absolute Gasteiger partial charge is 0.269 e. The Kier molecular flexibility index (Phi) is 5.28. The molecule has 0 aromatic heterocycles. The molecule has 1 atom stereocenters. The first kappa shape index (κ1) is 17.6. The molecule has 0 radical (unpaired) electrons. The number of nitrogens with zero attached hydrogens (tertiary/aromatic N) is 3. The van der Waals surface area contributed by atoms with Crippen molar-refractivity contribution in [3.8, 4) is 5.75 Å². The second-order valence-corrected chi connectivity index (χ2v) is 6.66. The Morgan fingerprint density at radius 2 is 1.88 bits per heavy atom. The first-order chi connectivity index (χ1) is 12.5. The molecule has 9 heteroatoms. The summed E-state index contributed by atoms with van der Waals surface area (Å²) in [4.78, 5) is 22.2. The normalized spacial score (nSPS) is 18.4. The van der Waals surface area contributed by atoms with Gasteiger partial charge >= 0.3 is 0 Å². The third-order valence-corrected chi connectivity index (χ3v) is 4.67. The van der Waals surface area contributed by atoms with E-state index in [2.05, 4.69) is 15.5 Å². The number of thioether (sulfide) groups is 1. The van der Waals surface area contributed by atoms with Gasteiger partial charge < -0.3 is 10.4 Å². The quantitative estimate of drug-likeness (QED) is 0.476. The van der Waals surface area contributed by atoms with Crippen molar-refractivity contribution in [3.05, 3.63) is 69.8 Å². The summed E-state index contributed by atoms with van der Waals surface area (Å²) in [5.41, 5.74) is 1.61. The molecule has 1 fully saturated rings. The molecule has 3 rings (SSSR count). The van der Waals surface area contributed by atoms with Gasteiger partial charge in [-0.05, 0) is 41.8 Å². The average molecular weight is 370 g/mol. The van der Waals surface area contributed by atoms with E-state index in [0.717, 1.165) is 11.1 Å². The molecular weight excluding hydrogens is 356 g/mol. The molecule has 1 aliphatic rings. The van der Waals surface area contributed by atoms with Gasteiger partial charge in [-0.1, -0.05) is 23.9 Å². The van der Waals surface area contributed by atoms with Crippen LogP contribution in [0.4, 0.5) is 5.69 Å². The number of carbonyl (C=O) groups is 1. The van der Waals surface area contributed by atoms with E-state index in [9.17, 15) is 20.0 Å². The number of rotatable bonds is 5. The predicted molar refractivity (Wildman–Crippen MR) is 99.5 cm³/mol. The summed E-state index contributed by atoms with van der Waals surface area (Å²) in [5, 5.41) is 30.5. The van der Waals surface area contributed by atoms with Crippen LogP contribution in [0.1, 0.15) is 11.1 Å². The van der Waals surface area contributed by atoms with Crippen molar-refractivity contribution >= 4 is 34.7 Å². The number of hydrogen-bond acceptors (Lipinski definition) is 7. The fourth-order valence-electron chi connectivity index (χ4n) is 2.26. The Bertz CT molecular complexity index is 879. The second kappa shape index (κ2) is 7.79. The van der Waals surface area contributed by atoms with E-state index in [0.29, 0.717) is 11.6 Å². The summed E-state index contributed by atoms with van der Waals surface area (Å²) in [5.74, 6) is -0.00639. The Morgan fingerprint density at radius 1 is 1.19 bits per heavy atom. The number of nitrogens with one attached hydrogen (secondary N) is 1. The van der Waals surface area contributed by atoms with Gasteiger partial charge in [-0.25, -0.2) is 0 Å². The van der Waals surface area contributed by atoms with Gasteiger partial charge in [0.05, 0.1) is 16.4 Å². The van der Waals surface area contributed by atoms with Gasteiger partial charge in [0.2, 0.25) is 5.91 Å². The van der Waals surface area contributed by atoms with Crippen LogP contribution >= 0.6 is 11.8 Å². The van der Waals surface area contributed by atoms with Gasteiger partial charge in [-0.3, -0.25) is 14.9 Å². The summed E-state index contributed by atoms with van der Waals surface area (Å²) in [6, 6.07) is 12.6. The lowest BCUT2D eigenvalue weighted by Gasteiger charge is -2.04. The SMILES string of the molecule is O=C1N/C(=N\N=C\c2ccc(O)cc2)SC1Cc1ccc([N+](=O)[O-])cc1. The summed E-state index contributed by atoms with van der Waals surface area (Å²) < 4.78 is 0. The van der Waals surface area contributed by atoms with Crippen LogP contribution in [0.3, 0.4) is 0 Å². The topological polar surface area (TPSA) is 117 Å². The molecule has 132 valence electrons. The van der Waals surface area contributed by atoms with Crippen LogP contribution < -0.4 is 5.32 Å². The molecule has 1 unspecified atom stereocenters. The van der Waals surface area contributed by atoms with Crippen molar-refractivity contribution in [1.29, 1.82) is 0 Å². The number of carbonyl (C=O) groups excluding carboxylic acids is 1. The standard InChI is InChI=1S/C17H14N4O4S/c22-14-7-3-12(4-8-14)10-18-20-17-19-16(23)15(26-17)9-11-1-5-13(6-2-11)21(24)25/h1-8,10,15,22H,9H2,(H,19,20,23)/b18-10+. The van der Waals surface area contributed by atoms with Crippen LogP contribution in [-0.4, -0.2) is 32.6 Å². The van der Waals surface area contributed by atoms with E-state index in [4.69, 9.17) is 0 Å². The van der Waals surface area contributed by atoms with Gasteiger partial charge in [-0.15, -0.1) is 5.10 Å². The highest BCUT2D eigenvalue weighted by Crippen LogP contribution is 2.24. The van der Waals surface area contributed by atoms with E-state index < -0.39 is 4.92 Å². The van der Waals surface area contributed by atoms with E-state index in [1.54, 1.807) is 36.4 Å². The highest BCUT2D eigenvalue weighted by Gasteiger charge is 2.30. The fraction of sp³-hybridized carbons (Fsp3) is 0.118. The fourth-order valence-corrected chi connectivity index (χ4v) is 3.23. The largest absolute Gasteiger partial charge is 0.508 e. The number of nitro groups is 1. The highest BCUT2D eigenvalue weighted by atomic mass is 32.2. The number of phenolic OH excluding ortho intramolecular Hbond substituents is 1. The van der Waals surface area contributed by atoms with Crippen LogP contribution in [-0.2, 0) is 11.2 Å². The monoisotopic (exact) mass is 370 g/mol. The van der Waals surface area contributed by atoms with Gasteiger partial charge in [0, 0.05) is 12.1 Å². The zero-order valence-electron chi connectivity index (χ0n) is 13.4. The Labute approximate surface area is 152 Å². The molecule has 0 spiro atoms. The molecule has 2 aromatic rings. The van der Waals surface area contributed by atoms with Crippen LogP contribution in [0, 0.1) is 10.1 Å². The summed E-state index contributed by atoms with van der Waals surface area (Å²) in [7, 11) is 0. The summed E-state index contributed by atoms with van der Waals surface area (Å²) in [6.45, 7) is 0. The zero-order chi connectivity index (χ0) is 18.5. The number of amides is 1. The van der Waals surface area contributed by atoms with E-state index in [-0.39, 0.29) is 22.6 Å². The van der Waals surface area contributed by atoms with E-state index >= 15 is 0 Å². The Balaban J connectivity index is 1.60. The molecule has 26 heavy (non-hydrogen) atoms. The minimum absolute atomic E-state index is 0.0168. The maximum absolute atomic E-state index is 12.0. The maximum atomic E-state index is 12.0. The number of aromatic hydroxyl groups is 1. The van der Waals surface area contributed by atoms with Crippen molar-refractivity contribution in [2.75, 3.05) is 0 Å². The lowest BCUT2D eigenvalue weighted by Crippen LogP contribution is -2.25. The maximum Gasteiger partial charge on any atom is 0.269 e. The Morgan fingerprint density at radius 3 is 2.54 bits per heavy atom. The average Bonchev–Trinajstić information content (AvgIpc) is 2.97. The van der Waals surface area contributed by atoms with Crippen LogP contribution in [0.15, 0.2) is 58.7 Å². The lowest BCUT2D eigenvalue weighted by atomic mass is 10.1. The molecule has 1 saturated heterocycles. The Hall–Kier alpha value is -3.20. The van der Waals surface area contributed by atoms with Gasteiger partial charge in [0.25, 0.3) is 5.69 Å². The van der Waals surface area contributed by atoms with Crippen molar-refractivity contribution in [2.45, 2.75) is 11.7 Å². The van der Waals surface area contributed by atoms with Crippen molar-refractivity contribution < 1.29 is 14.8 Å². The third kappa shape index (κ3) is 4.45. The van der Waals surface area contributed by atoms with Crippen LogP contribution in [0.2, 0.25) is 0 Å². The molecular formula is C17H14N4O4S. The van der Waals surface area contributed by atoms with Crippen molar-refractivity contribution in [2.24, 2.45) is 10.2 Å². The molecule has 0 saturated carbocycles. The summed E-state index contributed by atoms with van der Waals surface area (Å²) >= 11 is 1.26. The van der Waals surface area contributed by atoms with Gasteiger partial charge in [0.15, 0.2) is 5.17 Å². The third-order valence-electron chi connectivity index (χ3n) is 3.59. The van der Waals surface area contributed by atoms with Crippen molar-refractivity contribution in [3.63, 3.8) is 0 Å². The molecule has 0 bridgehead atoms. The van der Waals surface area contributed by atoms with E-state index in [1.165, 1.54) is 30.1 Å². The molecule has 1 aliphatic heterocycles. The minimum Gasteiger partial charge on any atom is -0.508 e.